The zero-order chi connectivity index (χ0) is 12.3. The van der Waals surface area contributed by atoms with Crippen LogP contribution in [0.15, 0.2) is 24.3 Å². The standard InChI is InChI=1S/C13H18N2O2/c1-10(2)17-12-6-4-3-5-11(12)15-8-7-14-13(16)9-15/h3-6,10H,7-9H2,1-2H3,(H,14,16). The Labute approximate surface area is 102 Å². The van der Waals surface area contributed by atoms with E-state index in [-0.39, 0.29) is 12.0 Å². The molecule has 0 bridgehead atoms. The summed E-state index contributed by atoms with van der Waals surface area (Å²) in [6.07, 6.45) is 0.134. The maximum absolute atomic E-state index is 11.4. The molecule has 2 rings (SSSR count). The van der Waals surface area contributed by atoms with Gasteiger partial charge in [-0.3, -0.25) is 4.79 Å². The van der Waals surface area contributed by atoms with Crippen molar-refractivity contribution in [2.24, 2.45) is 0 Å². The number of para-hydroxylation sites is 2. The molecule has 1 saturated heterocycles. The molecule has 1 heterocycles. The van der Waals surface area contributed by atoms with Gasteiger partial charge >= 0.3 is 0 Å². The second-order valence-electron chi connectivity index (χ2n) is 4.41. The number of rotatable bonds is 3. The highest BCUT2D eigenvalue weighted by Gasteiger charge is 2.19. The van der Waals surface area contributed by atoms with Crippen LogP contribution in [0.2, 0.25) is 0 Å². The second-order valence-corrected chi connectivity index (χ2v) is 4.41. The Bertz CT molecular complexity index is 404. The van der Waals surface area contributed by atoms with Crippen molar-refractivity contribution in [3.63, 3.8) is 0 Å². The van der Waals surface area contributed by atoms with Crippen LogP contribution in [-0.2, 0) is 4.79 Å². The maximum Gasteiger partial charge on any atom is 0.239 e. The summed E-state index contributed by atoms with van der Waals surface area (Å²) in [4.78, 5) is 13.4. The Balaban J connectivity index is 2.21. The molecule has 1 aliphatic heterocycles. The molecule has 0 aliphatic carbocycles. The van der Waals surface area contributed by atoms with Crippen LogP contribution in [0.1, 0.15) is 13.8 Å². The summed E-state index contributed by atoms with van der Waals surface area (Å²) >= 11 is 0. The SMILES string of the molecule is CC(C)Oc1ccccc1N1CCNC(=O)C1. The lowest BCUT2D eigenvalue weighted by Gasteiger charge is -2.30. The van der Waals surface area contributed by atoms with Crippen LogP contribution in [0, 0.1) is 0 Å². The number of ether oxygens (including phenoxy) is 1. The topological polar surface area (TPSA) is 41.6 Å². The molecule has 4 nitrogen and oxygen atoms in total. The van der Waals surface area contributed by atoms with Gasteiger partial charge in [0.25, 0.3) is 0 Å². The Morgan fingerprint density at radius 1 is 1.35 bits per heavy atom. The van der Waals surface area contributed by atoms with Crippen LogP contribution in [0.5, 0.6) is 5.75 Å². The van der Waals surface area contributed by atoms with Gasteiger partial charge in [-0.05, 0) is 26.0 Å². The molecular weight excluding hydrogens is 216 g/mol. The lowest BCUT2D eigenvalue weighted by atomic mass is 10.2. The van der Waals surface area contributed by atoms with Gasteiger partial charge in [-0.2, -0.15) is 0 Å². The molecule has 1 N–H and O–H groups in total. The number of anilines is 1. The maximum atomic E-state index is 11.4. The van der Waals surface area contributed by atoms with E-state index >= 15 is 0 Å². The molecule has 1 fully saturated rings. The van der Waals surface area contributed by atoms with Crippen molar-refractivity contribution in [2.75, 3.05) is 24.5 Å². The van der Waals surface area contributed by atoms with E-state index in [9.17, 15) is 4.79 Å². The Morgan fingerprint density at radius 2 is 2.12 bits per heavy atom. The number of carbonyl (C=O) groups is 1. The Kier molecular flexibility index (Phi) is 3.52. The van der Waals surface area contributed by atoms with Crippen LogP contribution >= 0.6 is 0 Å². The number of amides is 1. The number of nitrogens with zero attached hydrogens (tertiary/aromatic N) is 1. The third-order valence-corrected chi connectivity index (χ3v) is 2.61. The average molecular weight is 234 g/mol. The molecule has 1 aromatic rings. The number of benzene rings is 1. The fraction of sp³-hybridized carbons (Fsp3) is 0.462. The summed E-state index contributed by atoms with van der Waals surface area (Å²) in [5.41, 5.74) is 0.996. The fourth-order valence-electron chi connectivity index (χ4n) is 1.92. The number of hydrogen-bond acceptors (Lipinski definition) is 3. The molecule has 1 aromatic carbocycles. The van der Waals surface area contributed by atoms with Gasteiger partial charge in [0.15, 0.2) is 0 Å². The molecule has 0 saturated carbocycles. The van der Waals surface area contributed by atoms with Crippen LogP contribution in [0.3, 0.4) is 0 Å². The molecule has 92 valence electrons. The molecule has 0 unspecified atom stereocenters. The van der Waals surface area contributed by atoms with Gasteiger partial charge in [0.2, 0.25) is 5.91 Å². The molecule has 1 amide bonds. The molecule has 4 heteroatoms. The molecule has 0 atom stereocenters. The zero-order valence-corrected chi connectivity index (χ0v) is 10.3. The van der Waals surface area contributed by atoms with Crippen LogP contribution < -0.4 is 15.0 Å². The minimum atomic E-state index is 0.0654. The summed E-state index contributed by atoms with van der Waals surface area (Å²) < 4.78 is 5.76. The first kappa shape index (κ1) is 11.8. The van der Waals surface area contributed by atoms with Gasteiger partial charge in [-0.25, -0.2) is 0 Å². The first-order chi connectivity index (χ1) is 8.16. The van der Waals surface area contributed by atoms with Gasteiger partial charge < -0.3 is 15.0 Å². The van der Waals surface area contributed by atoms with Crippen molar-refractivity contribution in [3.8, 4) is 5.75 Å². The van der Waals surface area contributed by atoms with E-state index in [2.05, 4.69) is 10.2 Å². The monoisotopic (exact) mass is 234 g/mol. The van der Waals surface area contributed by atoms with E-state index in [0.717, 1.165) is 18.0 Å². The molecule has 0 aromatic heterocycles. The van der Waals surface area contributed by atoms with E-state index in [1.165, 1.54) is 0 Å². The number of hydrogen-bond donors (Lipinski definition) is 1. The molecular formula is C13H18N2O2. The van der Waals surface area contributed by atoms with Gasteiger partial charge in [-0.1, -0.05) is 12.1 Å². The smallest absolute Gasteiger partial charge is 0.239 e. The van der Waals surface area contributed by atoms with Crippen LogP contribution in [-0.4, -0.2) is 31.6 Å². The fourth-order valence-corrected chi connectivity index (χ4v) is 1.92. The number of piperazine rings is 1. The van der Waals surface area contributed by atoms with Crippen molar-refractivity contribution in [1.29, 1.82) is 0 Å². The minimum absolute atomic E-state index is 0.0654. The Hall–Kier alpha value is -1.71. The predicted molar refractivity (Wildman–Crippen MR) is 67.4 cm³/mol. The highest BCUT2D eigenvalue weighted by Crippen LogP contribution is 2.29. The van der Waals surface area contributed by atoms with Gasteiger partial charge in [0, 0.05) is 13.1 Å². The first-order valence-electron chi connectivity index (χ1n) is 5.94. The highest BCUT2D eigenvalue weighted by atomic mass is 16.5. The summed E-state index contributed by atoms with van der Waals surface area (Å²) in [5, 5.41) is 2.82. The molecule has 0 spiro atoms. The van der Waals surface area contributed by atoms with Crippen molar-refractivity contribution < 1.29 is 9.53 Å². The normalized spacial score (nSPS) is 15.9. The first-order valence-corrected chi connectivity index (χ1v) is 5.94. The summed E-state index contributed by atoms with van der Waals surface area (Å²) in [6.45, 7) is 5.91. The third kappa shape index (κ3) is 2.90. The molecule has 0 radical (unpaired) electrons. The summed E-state index contributed by atoms with van der Waals surface area (Å²) in [5.74, 6) is 0.910. The predicted octanol–water partition coefficient (Wildman–Crippen LogP) is 1.41. The van der Waals surface area contributed by atoms with Gasteiger partial charge in [0.1, 0.15) is 5.75 Å². The minimum Gasteiger partial charge on any atom is -0.489 e. The van der Waals surface area contributed by atoms with Gasteiger partial charge in [-0.15, -0.1) is 0 Å². The van der Waals surface area contributed by atoms with E-state index in [1.54, 1.807) is 0 Å². The van der Waals surface area contributed by atoms with Crippen molar-refractivity contribution in [2.45, 2.75) is 20.0 Å². The zero-order valence-electron chi connectivity index (χ0n) is 10.3. The quantitative estimate of drug-likeness (QED) is 0.859. The second kappa shape index (κ2) is 5.08. The van der Waals surface area contributed by atoms with Gasteiger partial charge in [0.05, 0.1) is 18.3 Å². The molecule has 1 aliphatic rings. The van der Waals surface area contributed by atoms with E-state index in [4.69, 9.17) is 4.74 Å². The largest absolute Gasteiger partial charge is 0.489 e. The van der Waals surface area contributed by atoms with Crippen molar-refractivity contribution in [1.82, 2.24) is 5.32 Å². The van der Waals surface area contributed by atoms with E-state index in [0.29, 0.717) is 13.1 Å². The van der Waals surface area contributed by atoms with E-state index < -0.39 is 0 Å². The number of nitrogens with one attached hydrogen (secondary N) is 1. The number of carbonyl (C=O) groups excluding carboxylic acids is 1. The lowest BCUT2D eigenvalue weighted by Crippen LogP contribution is -2.47. The van der Waals surface area contributed by atoms with Crippen molar-refractivity contribution in [3.05, 3.63) is 24.3 Å². The molecule has 17 heavy (non-hydrogen) atoms. The Morgan fingerprint density at radius 3 is 2.82 bits per heavy atom. The van der Waals surface area contributed by atoms with Crippen LogP contribution in [0.25, 0.3) is 0 Å². The van der Waals surface area contributed by atoms with Crippen molar-refractivity contribution >= 4 is 11.6 Å². The summed E-state index contributed by atoms with van der Waals surface area (Å²) in [6, 6.07) is 7.86. The lowest BCUT2D eigenvalue weighted by molar-refractivity contribution is -0.120. The highest BCUT2D eigenvalue weighted by molar-refractivity contribution is 5.83. The van der Waals surface area contributed by atoms with Crippen LogP contribution in [0.4, 0.5) is 5.69 Å². The third-order valence-electron chi connectivity index (χ3n) is 2.61. The summed E-state index contributed by atoms with van der Waals surface area (Å²) in [7, 11) is 0. The average Bonchev–Trinajstić information content (AvgIpc) is 2.29. The van der Waals surface area contributed by atoms with E-state index in [1.807, 2.05) is 38.1 Å².